The number of hydrogen-bond acceptors (Lipinski definition) is 4. The van der Waals surface area contributed by atoms with E-state index in [2.05, 4.69) is 20.4 Å². The van der Waals surface area contributed by atoms with Crippen LogP contribution in [0, 0.1) is 0 Å². The Labute approximate surface area is 75.4 Å². The Hall–Kier alpha value is -1.91. The van der Waals surface area contributed by atoms with Gasteiger partial charge in [0.05, 0.1) is 6.20 Å². The lowest BCUT2D eigenvalue weighted by atomic mass is 10.6. The van der Waals surface area contributed by atoms with Gasteiger partial charge in [0.25, 0.3) is 0 Å². The van der Waals surface area contributed by atoms with Crippen molar-refractivity contribution in [2.75, 3.05) is 5.32 Å². The highest BCUT2D eigenvalue weighted by Gasteiger charge is 1.98. The zero-order chi connectivity index (χ0) is 9.10. The first-order valence-electron chi connectivity index (χ1n) is 3.88. The molecule has 0 aliphatic rings. The minimum atomic E-state index is 0.575. The van der Waals surface area contributed by atoms with Gasteiger partial charge in [-0.25, -0.2) is 9.97 Å². The highest BCUT2D eigenvalue weighted by atomic mass is 15.3. The maximum absolute atomic E-state index is 4.03. The fourth-order valence-electron chi connectivity index (χ4n) is 0.975. The van der Waals surface area contributed by atoms with E-state index >= 15 is 0 Å². The van der Waals surface area contributed by atoms with Crippen molar-refractivity contribution in [3.8, 4) is 0 Å². The van der Waals surface area contributed by atoms with Crippen molar-refractivity contribution in [1.82, 2.24) is 19.7 Å². The normalized spacial score (nSPS) is 9.92. The van der Waals surface area contributed by atoms with Crippen molar-refractivity contribution in [1.29, 1.82) is 0 Å². The van der Waals surface area contributed by atoms with Crippen molar-refractivity contribution in [3.63, 3.8) is 0 Å². The van der Waals surface area contributed by atoms with Gasteiger partial charge in [-0.1, -0.05) is 0 Å². The summed E-state index contributed by atoms with van der Waals surface area (Å²) in [6.07, 6.45) is 5.09. The zero-order valence-electron chi connectivity index (χ0n) is 7.18. The molecule has 0 amide bonds. The number of hydrogen-bond donors (Lipinski definition) is 1. The first-order chi connectivity index (χ1) is 6.36. The molecular weight excluding hydrogens is 166 g/mol. The summed E-state index contributed by atoms with van der Waals surface area (Å²) in [5.41, 5.74) is 0. The van der Waals surface area contributed by atoms with Crippen LogP contribution in [-0.2, 0) is 7.05 Å². The summed E-state index contributed by atoms with van der Waals surface area (Å²) >= 11 is 0. The first kappa shape index (κ1) is 7.72. The first-order valence-corrected chi connectivity index (χ1v) is 3.88. The second-order valence-electron chi connectivity index (χ2n) is 2.54. The van der Waals surface area contributed by atoms with Gasteiger partial charge in [0.2, 0.25) is 5.95 Å². The summed E-state index contributed by atoms with van der Waals surface area (Å²) in [5.74, 6) is 1.44. The van der Waals surface area contributed by atoms with Crippen LogP contribution in [0.25, 0.3) is 0 Å². The predicted molar refractivity (Wildman–Crippen MR) is 48.5 cm³/mol. The molecule has 0 aliphatic heterocycles. The van der Waals surface area contributed by atoms with Gasteiger partial charge in [-0.3, -0.25) is 4.68 Å². The van der Waals surface area contributed by atoms with Gasteiger partial charge in [0.15, 0.2) is 0 Å². The van der Waals surface area contributed by atoms with Crippen LogP contribution in [0.5, 0.6) is 0 Å². The molecule has 0 radical (unpaired) electrons. The summed E-state index contributed by atoms with van der Waals surface area (Å²) in [6.45, 7) is 0. The van der Waals surface area contributed by atoms with Gasteiger partial charge >= 0.3 is 0 Å². The highest BCUT2D eigenvalue weighted by molar-refractivity contribution is 5.46. The van der Waals surface area contributed by atoms with Crippen molar-refractivity contribution in [2.24, 2.45) is 7.05 Å². The van der Waals surface area contributed by atoms with Crippen LogP contribution in [0.3, 0.4) is 0 Å². The molecule has 0 saturated heterocycles. The zero-order valence-corrected chi connectivity index (χ0v) is 7.18. The van der Waals surface area contributed by atoms with Crippen LogP contribution in [0.15, 0.2) is 30.7 Å². The molecule has 5 heteroatoms. The Morgan fingerprint density at radius 1 is 1.23 bits per heavy atom. The van der Waals surface area contributed by atoms with Gasteiger partial charge in [0, 0.05) is 25.5 Å². The summed E-state index contributed by atoms with van der Waals surface area (Å²) in [5, 5.41) is 7.04. The van der Waals surface area contributed by atoms with E-state index in [0.717, 1.165) is 5.82 Å². The quantitative estimate of drug-likeness (QED) is 0.738. The third-order valence-corrected chi connectivity index (χ3v) is 1.63. The average Bonchev–Trinajstić information content (AvgIpc) is 2.54. The Morgan fingerprint density at radius 2 is 2.00 bits per heavy atom. The number of anilines is 2. The molecule has 1 N–H and O–H groups in total. The van der Waals surface area contributed by atoms with E-state index in [-0.39, 0.29) is 0 Å². The molecule has 2 aromatic rings. The van der Waals surface area contributed by atoms with E-state index in [9.17, 15) is 0 Å². The minimum Gasteiger partial charge on any atom is -0.309 e. The third kappa shape index (κ3) is 1.64. The Morgan fingerprint density at radius 3 is 2.62 bits per heavy atom. The molecule has 0 aliphatic carbocycles. The smallest absolute Gasteiger partial charge is 0.228 e. The number of nitrogens with one attached hydrogen (secondary N) is 1. The Balaban J connectivity index is 2.20. The van der Waals surface area contributed by atoms with Gasteiger partial charge in [0.1, 0.15) is 5.82 Å². The van der Waals surface area contributed by atoms with Crippen molar-refractivity contribution in [3.05, 3.63) is 30.7 Å². The topological polar surface area (TPSA) is 55.6 Å². The standard InChI is InChI=1S/C8H9N5/c1-13-7(3-6-11-13)12-8-9-4-2-5-10-8/h2-6H,1H3,(H,9,10,12). The van der Waals surface area contributed by atoms with E-state index < -0.39 is 0 Å². The molecule has 0 fully saturated rings. The molecule has 13 heavy (non-hydrogen) atoms. The molecule has 0 aromatic carbocycles. The molecule has 0 unspecified atom stereocenters. The van der Waals surface area contributed by atoms with E-state index in [1.54, 1.807) is 29.3 Å². The maximum atomic E-state index is 4.03. The highest BCUT2D eigenvalue weighted by Crippen LogP contribution is 2.08. The number of aryl methyl sites for hydroxylation is 1. The Kier molecular flexibility index (Phi) is 1.91. The van der Waals surface area contributed by atoms with Crippen molar-refractivity contribution in [2.45, 2.75) is 0 Å². The average molecular weight is 175 g/mol. The summed E-state index contributed by atoms with van der Waals surface area (Å²) in [4.78, 5) is 8.06. The molecule has 0 bridgehead atoms. The number of aromatic nitrogens is 4. The fraction of sp³-hybridized carbons (Fsp3) is 0.125. The molecule has 2 heterocycles. The predicted octanol–water partition coefficient (Wildman–Crippen LogP) is 0.954. The second-order valence-corrected chi connectivity index (χ2v) is 2.54. The van der Waals surface area contributed by atoms with E-state index in [4.69, 9.17) is 0 Å². The minimum absolute atomic E-state index is 0.575. The molecule has 2 rings (SSSR count). The lowest BCUT2D eigenvalue weighted by Gasteiger charge is -2.02. The van der Waals surface area contributed by atoms with E-state index in [0.29, 0.717) is 5.95 Å². The molecule has 5 nitrogen and oxygen atoms in total. The lowest BCUT2D eigenvalue weighted by Crippen LogP contribution is -2.01. The van der Waals surface area contributed by atoms with E-state index in [1.807, 2.05) is 13.1 Å². The van der Waals surface area contributed by atoms with Crippen LogP contribution in [-0.4, -0.2) is 19.7 Å². The van der Waals surface area contributed by atoms with Gasteiger partial charge in [-0.15, -0.1) is 0 Å². The second kappa shape index (κ2) is 3.22. The number of nitrogens with zero attached hydrogens (tertiary/aromatic N) is 4. The van der Waals surface area contributed by atoms with Crippen LogP contribution in [0.1, 0.15) is 0 Å². The summed E-state index contributed by atoms with van der Waals surface area (Å²) in [7, 11) is 1.85. The molecule has 2 aromatic heterocycles. The molecule has 0 atom stereocenters. The fourth-order valence-corrected chi connectivity index (χ4v) is 0.975. The van der Waals surface area contributed by atoms with Gasteiger partial charge in [-0.2, -0.15) is 5.10 Å². The maximum Gasteiger partial charge on any atom is 0.228 e. The molecule has 0 saturated carbocycles. The molecular formula is C8H9N5. The monoisotopic (exact) mass is 175 g/mol. The molecule has 66 valence electrons. The van der Waals surface area contributed by atoms with Crippen molar-refractivity contribution < 1.29 is 0 Å². The van der Waals surface area contributed by atoms with Crippen molar-refractivity contribution >= 4 is 11.8 Å². The lowest BCUT2D eigenvalue weighted by molar-refractivity contribution is 0.775. The SMILES string of the molecule is Cn1nccc1Nc1ncccn1. The Bertz CT molecular complexity index is 380. The van der Waals surface area contributed by atoms with Crippen LogP contribution in [0.2, 0.25) is 0 Å². The summed E-state index contributed by atoms with van der Waals surface area (Å²) < 4.78 is 1.72. The third-order valence-electron chi connectivity index (χ3n) is 1.63. The largest absolute Gasteiger partial charge is 0.309 e. The number of rotatable bonds is 2. The van der Waals surface area contributed by atoms with Crippen LogP contribution < -0.4 is 5.32 Å². The summed E-state index contributed by atoms with van der Waals surface area (Å²) in [6, 6.07) is 3.63. The van der Waals surface area contributed by atoms with Gasteiger partial charge in [-0.05, 0) is 6.07 Å². The van der Waals surface area contributed by atoms with Gasteiger partial charge < -0.3 is 5.32 Å². The van der Waals surface area contributed by atoms with Crippen LogP contribution in [0.4, 0.5) is 11.8 Å². The van der Waals surface area contributed by atoms with Crippen LogP contribution >= 0.6 is 0 Å². The van der Waals surface area contributed by atoms with E-state index in [1.165, 1.54) is 0 Å². The molecule has 0 spiro atoms.